The molecule has 0 saturated heterocycles. The zero-order chi connectivity index (χ0) is 15.4. The smallest absolute Gasteiger partial charge is 0.312 e. The molecule has 2 aromatic carbocycles. The first-order chi connectivity index (χ1) is 10.0. The van der Waals surface area contributed by atoms with Crippen LogP contribution in [-0.2, 0) is 6.61 Å². The number of nitrogens with zero attached hydrogens (tertiary/aromatic N) is 1. The standard InChI is InChI=1S/C15H13NO5/c1-10(18)12-5-6-15(14(8-12)16(19)20)21-13-4-2-3-11(7-13)9-17/h2-8,17H,9H2,1H3. The highest BCUT2D eigenvalue weighted by Gasteiger charge is 2.18. The van der Waals surface area contributed by atoms with Crippen molar-refractivity contribution in [2.45, 2.75) is 13.5 Å². The molecule has 0 fully saturated rings. The highest BCUT2D eigenvalue weighted by molar-refractivity contribution is 5.95. The van der Waals surface area contributed by atoms with Crippen LogP contribution in [0.25, 0.3) is 0 Å². The second kappa shape index (κ2) is 6.15. The summed E-state index contributed by atoms with van der Waals surface area (Å²) in [4.78, 5) is 21.8. The van der Waals surface area contributed by atoms with Gasteiger partial charge in [0, 0.05) is 11.6 Å². The van der Waals surface area contributed by atoms with E-state index >= 15 is 0 Å². The summed E-state index contributed by atoms with van der Waals surface area (Å²) in [6.45, 7) is 1.19. The molecule has 0 amide bonds. The second-order valence-electron chi connectivity index (χ2n) is 4.40. The van der Waals surface area contributed by atoms with Gasteiger partial charge in [-0.15, -0.1) is 0 Å². The number of nitro groups is 1. The minimum atomic E-state index is -0.600. The normalized spacial score (nSPS) is 10.2. The van der Waals surface area contributed by atoms with Crippen molar-refractivity contribution in [3.05, 3.63) is 63.7 Å². The number of nitro benzene ring substituents is 1. The van der Waals surface area contributed by atoms with E-state index < -0.39 is 4.92 Å². The second-order valence-corrected chi connectivity index (χ2v) is 4.40. The summed E-state index contributed by atoms with van der Waals surface area (Å²) >= 11 is 0. The number of Topliss-reactive ketones (excluding diaryl/α,β-unsaturated/α-hetero) is 1. The maximum absolute atomic E-state index is 11.3. The molecular weight excluding hydrogens is 274 g/mol. The Morgan fingerprint density at radius 1 is 1.29 bits per heavy atom. The van der Waals surface area contributed by atoms with Crippen LogP contribution in [0.15, 0.2) is 42.5 Å². The summed E-state index contributed by atoms with van der Waals surface area (Å²) in [7, 11) is 0. The minimum absolute atomic E-state index is 0.0417. The summed E-state index contributed by atoms with van der Waals surface area (Å²) in [6.07, 6.45) is 0. The Morgan fingerprint density at radius 2 is 2.05 bits per heavy atom. The molecular formula is C15H13NO5. The van der Waals surface area contributed by atoms with E-state index in [9.17, 15) is 14.9 Å². The average molecular weight is 287 g/mol. The number of carbonyl (C=O) groups is 1. The van der Waals surface area contributed by atoms with Crippen molar-refractivity contribution in [1.82, 2.24) is 0 Å². The van der Waals surface area contributed by atoms with Crippen molar-refractivity contribution in [2.24, 2.45) is 0 Å². The number of rotatable bonds is 5. The first-order valence-corrected chi connectivity index (χ1v) is 6.18. The third kappa shape index (κ3) is 3.43. The van der Waals surface area contributed by atoms with Gasteiger partial charge >= 0.3 is 5.69 Å². The SMILES string of the molecule is CC(=O)c1ccc(Oc2cccc(CO)c2)c([N+](=O)[O-])c1. The molecule has 0 saturated carbocycles. The van der Waals surface area contributed by atoms with Crippen LogP contribution in [0.3, 0.4) is 0 Å². The van der Waals surface area contributed by atoms with Crippen molar-refractivity contribution < 1.29 is 19.6 Å². The quantitative estimate of drug-likeness (QED) is 0.518. The average Bonchev–Trinajstić information content (AvgIpc) is 2.47. The van der Waals surface area contributed by atoms with E-state index in [1.54, 1.807) is 24.3 Å². The van der Waals surface area contributed by atoms with Crippen LogP contribution in [0.5, 0.6) is 11.5 Å². The molecule has 0 aliphatic heterocycles. The van der Waals surface area contributed by atoms with E-state index in [0.29, 0.717) is 11.3 Å². The molecule has 1 N–H and O–H groups in total. The van der Waals surface area contributed by atoms with Crippen molar-refractivity contribution >= 4 is 11.5 Å². The van der Waals surface area contributed by atoms with Crippen LogP contribution in [0.2, 0.25) is 0 Å². The van der Waals surface area contributed by atoms with Gasteiger partial charge in [-0.05, 0) is 36.8 Å². The van der Waals surface area contributed by atoms with Gasteiger partial charge in [0.15, 0.2) is 5.78 Å². The topological polar surface area (TPSA) is 89.7 Å². The molecule has 6 heteroatoms. The van der Waals surface area contributed by atoms with Gasteiger partial charge in [-0.3, -0.25) is 14.9 Å². The van der Waals surface area contributed by atoms with E-state index in [2.05, 4.69) is 0 Å². The number of aliphatic hydroxyl groups excluding tert-OH is 1. The molecule has 0 aliphatic rings. The van der Waals surface area contributed by atoms with Crippen LogP contribution >= 0.6 is 0 Å². The molecule has 2 rings (SSSR count). The van der Waals surface area contributed by atoms with Crippen molar-refractivity contribution in [3.8, 4) is 11.5 Å². The van der Waals surface area contributed by atoms with Gasteiger partial charge in [0.2, 0.25) is 5.75 Å². The predicted octanol–water partition coefficient (Wildman–Crippen LogP) is 3.08. The van der Waals surface area contributed by atoms with Gasteiger partial charge in [0.05, 0.1) is 11.5 Å². The predicted molar refractivity (Wildman–Crippen MR) is 75.5 cm³/mol. The number of ether oxygens (including phenoxy) is 1. The Morgan fingerprint density at radius 3 is 2.67 bits per heavy atom. The van der Waals surface area contributed by atoms with Crippen LogP contribution < -0.4 is 4.74 Å². The zero-order valence-electron chi connectivity index (χ0n) is 11.3. The van der Waals surface area contributed by atoms with Crippen LogP contribution in [-0.4, -0.2) is 15.8 Å². The van der Waals surface area contributed by atoms with Gasteiger partial charge in [-0.1, -0.05) is 12.1 Å². The largest absolute Gasteiger partial charge is 0.450 e. The summed E-state index contributed by atoms with van der Waals surface area (Å²) in [6, 6.07) is 10.6. The molecule has 0 bridgehead atoms. The van der Waals surface area contributed by atoms with E-state index in [1.807, 2.05) is 0 Å². The molecule has 2 aromatic rings. The number of carbonyl (C=O) groups excluding carboxylic acids is 1. The van der Waals surface area contributed by atoms with Gasteiger partial charge in [0.1, 0.15) is 5.75 Å². The summed E-state index contributed by atoms with van der Waals surface area (Å²) < 4.78 is 5.48. The molecule has 0 atom stereocenters. The Kier molecular flexibility index (Phi) is 4.30. The van der Waals surface area contributed by atoms with E-state index in [4.69, 9.17) is 9.84 Å². The zero-order valence-corrected chi connectivity index (χ0v) is 11.3. The summed E-state index contributed by atoms with van der Waals surface area (Å²) in [5.41, 5.74) is 0.603. The van der Waals surface area contributed by atoms with Gasteiger partial charge in [-0.25, -0.2) is 0 Å². The lowest BCUT2D eigenvalue weighted by Gasteiger charge is -2.08. The number of benzene rings is 2. The lowest BCUT2D eigenvalue weighted by Crippen LogP contribution is -1.98. The Balaban J connectivity index is 2.38. The van der Waals surface area contributed by atoms with Crippen LogP contribution in [0.4, 0.5) is 5.69 Å². The molecule has 0 unspecified atom stereocenters. The van der Waals surface area contributed by atoms with Gasteiger partial charge in [-0.2, -0.15) is 0 Å². The Hall–Kier alpha value is -2.73. The molecule has 0 aliphatic carbocycles. The van der Waals surface area contributed by atoms with Crippen molar-refractivity contribution in [1.29, 1.82) is 0 Å². The lowest BCUT2D eigenvalue weighted by atomic mass is 10.1. The fourth-order valence-corrected chi connectivity index (χ4v) is 1.80. The van der Waals surface area contributed by atoms with Gasteiger partial charge < -0.3 is 9.84 Å². The van der Waals surface area contributed by atoms with E-state index in [-0.39, 0.29) is 29.4 Å². The number of hydrogen-bond donors (Lipinski definition) is 1. The third-order valence-corrected chi connectivity index (χ3v) is 2.87. The first-order valence-electron chi connectivity index (χ1n) is 6.18. The summed E-state index contributed by atoms with van der Waals surface area (Å²) in [5.74, 6) is 0.159. The highest BCUT2D eigenvalue weighted by Crippen LogP contribution is 2.32. The Labute approximate surface area is 120 Å². The van der Waals surface area contributed by atoms with Crippen LogP contribution in [0.1, 0.15) is 22.8 Å². The molecule has 0 aromatic heterocycles. The van der Waals surface area contributed by atoms with Crippen LogP contribution in [0, 0.1) is 10.1 Å². The first kappa shape index (κ1) is 14.7. The lowest BCUT2D eigenvalue weighted by molar-refractivity contribution is -0.385. The monoisotopic (exact) mass is 287 g/mol. The fourth-order valence-electron chi connectivity index (χ4n) is 1.80. The number of aliphatic hydroxyl groups is 1. The molecule has 21 heavy (non-hydrogen) atoms. The number of ketones is 1. The summed E-state index contributed by atoms with van der Waals surface area (Å²) in [5, 5.41) is 20.2. The Bertz CT molecular complexity index is 696. The number of hydrogen-bond acceptors (Lipinski definition) is 5. The maximum Gasteiger partial charge on any atom is 0.312 e. The molecule has 6 nitrogen and oxygen atoms in total. The van der Waals surface area contributed by atoms with Crippen molar-refractivity contribution in [2.75, 3.05) is 0 Å². The van der Waals surface area contributed by atoms with E-state index in [1.165, 1.54) is 25.1 Å². The molecule has 0 heterocycles. The minimum Gasteiger partial charge on any atom is -0.450 e. The molecule has 0 spiro atoms. The molecule has 0 radical (unpaired) electrons. The fraction of sp³-hybridized carbons (Fsp3) is 0.133. The highest BCUT2D eigenvalue weighted by atomic mass is 16.6. The van der Waals surface area contributed by atoms with Crippen molar-refractivity contribution in [3.63, 3.8) is 0 Å². The van der Waals surface area contributed by atoms with Gasteiger partial charge in [0.25, 0.3) is 0 Å². The molecule has 108 valence electrons. The third-order valence-electron chi connectivity index (χ3n) is 2.87. The maximum atomic E-state index is 11.3. The van der Waals surface area contributed by atoms with E-state index in [0.717, 1.165) is 0 Å².